The number of rotatable bonds is 2. The third-order valence-corrected chi connectivity index (χ3v) is 4.80. The van der Waals surface area contributed by atoms with Crippen LogP contribution in [0.25, 0.3) is 0 Å². The molecular weight excluding hydrogens is 308 g/mol. The van der Waals surface area contributed by atoms with Crippen LogP contribution in [0.15, 0.2) is 45.7 Å². The first-order valence-electron chi connectivity index (χ1n) is 7.44. The molecule has 0 bridgehead atoms. The molecular formula is C17H16N4O3. The van der Waals surface area contributed by atoms with Crippen molar-refractivity contribution in [3.05, 3.63) is 47.1 Å². The lowest BCUT2D eigenvalue weighted by Crippen LogP contribution is -2.48. The Balaban J connectivity index is 2.35. The first-order valence-corrected chi connectivity index (χ1v) is 7.44. The molecule has 1 aliphatic carbocycles. The molecule has 3 rings (SSSR count). The summed E-state index contributed by atoms with van der Waals surface area (Å²) >= 11 is 0. The van der Waals surface area contributed by atoms with E-state index in [0.717, 1.165) is 0 Å². The maximum Gasteiger partial charge on any atom is 0.337 e. The van der Waals surface area contributed by atoms with E-state index in [1.54, 1.807) is 18.2 Å². The third kappa shape index (κ3) is 2.03. The second-order valence-corrected chi connectivity index (χ2v) is 6.11. The van der Waals surface area contributed by atoms with Gasteiger partial charge in [0.2, 0.25) is 0 Å². The molecule has 0 radical (unpaired) electrons. The zero-order valence-corrected chi connectivity index (χ0v) is 13.1. The van der Waals surface area contributed by atoms with E-state index in [0.29, 0.717) is 24.4 Å². The molecule has 0 saturated carbocycles. The van der Waals surface area contributed by atoms with Gasteiger partial charge in [-0.15, -0.1) is 0 Å². The fraction of sp³-hybridized carbons (Fsp3) is 0.353. The zero-order chi connectivity index (χ0) is 17.5. The Labute approximate surface area is 138 Å². The highest BCUT2D eigenvalue weighted by Gasteiger charge is 2.56. The number of fused-ring (bicyclic) bond motifs is 1. The van der Waals surface area contributed by atoms with Gasteiger partial charge in [0.25, 0.3) is 0 Å². The molecule has 122 valence electrons. The normalized spacial score (nSPS) is 26.0. The number of likely N-dealkylation sites (N-methyl/N-ethyl adjacent to an activating group) is 1. The molecule has 2 heterocycles. The summed E-state index contributed by atoms with van der Waals surface area (Å²) in [7, 11) is 1.90. The molecule has 2 unspecified atom stereocenters. The minimum atomic E-state index is -1.79. The molecule has 2 aliphatic rings. The van der Waals surface area contributed by atoms with Crippen molar-refractivity contribution >= 4 is 5.97 Å². The van der Waals surface area contributed by atoms with Crippen LogP contribution < -0.4 is 5.73 Å². The first kappa shape index (κ1) is 15.9. The summed E-state index contributed by atoms with van der Waals surface area (Å²) in [4.78, 5) is 13.8. The van der Waals surface area contributed by atoms with Crippen molar-refractivity contribution in [1.29, 1.82) is 10.5 Å². The summed E-state index contributed by atoms with van der Waals surface area (Å²) in [6.07, 6.45) is 3.27. The number of carboxylic acid groups (broad SMARTS) is 1. The minimum absolute atomic E-state index is 0.126. The minimum Gasteiger partial charge on any atom is -0.478 e. The Hall–Kier alpha value is -3.03. The van der Waals surface area contributed by atoms with Crippen LogP contribution in [0.2, 0.25) is 0 Å². The molecule has 1 aliphatic heterocycles. The van der Waals surface area contributed by atoms with E-state index in [4.69, 9.17) is 10.2 Å². The van der Waals surface area contributed by atoms with Crippen molar-refractivity contribution in [3.63, 3.8) is 0 Å². The van der Waals surface area contributed by atoms with Crippen molar-refractivity contribution in [2.75, 3.05) is 20.1 Å². The maximum atomic E-state index is 11.8. The predicted octanol–water partition coefficient (Wildman–Crippen LogP) is 1.20. The fourth-order valence-corrected chi connectivity index (χ4v) is 3.71. The summed E-state index contributed by atoms with van der Waals surface area (Å²) in [5.41, 5.74) is 4.52. The van der Waals surface area contributed by atoms with E-state index >= 15 is 0 Å². The summed E-state index contributed by atoms with van der Waals surface area (Å²) in [5.74, 6) is -1.80. The summed E-state index contributed by atoms with van der Waals surface area (Å²) in [6, 6.07) is 7.32. The standard InChI is InChI=1S/C17H16N4O3/c1-21-5-4-10-11(7-21)14(12-3-2-6-24-12)17(8-18,9-19)15(20)13(10)16(22)23/h2-4,6,11,14H,5,7,20H2,1H3,(H,22,23). The van der Waals surface area contributed by atoms with Crippen molar-refractivity contribution in [1.82, 2.24) is 4.90 Å². The number of hydrogen-bond donors (Lipinski definition) is 2. The van der Waals surface area contributed by atoms with E-state index in [1.165, 1.54) is 6.26 Å². The van der Waals surface area contributed by atoms with Gasteiger partial charge >= 0.3 is 5.97 Å². The average Bonchev–Trinajstić information content (AvgIpc) is 3.07. The van der Waals surface area contributed by atoms with Gasteiger partial charge < -0.3 is 20.2 Å². The van der Waals surface area contributed by atoms with Crippen molar-refractivity contribution < 1.29 is 14.3 Å². The summed E-state index contributed by atoms with van der Waals surface area (Å²) in [6.45, 7) is 1.08. The number of allylic oxidation sites excluding steroid dienone is 1. The molecule has 7 nitrogen and oxygen atoms in total. The van der Waals surface area contributed by atoms with Crippen LogP contribution >= 0.6 is 0 Å². The Morgan fingerprint density at radius 1 is 1.50 bits per heavy atom. The number of nitriles is 2. The lowest BCUT2D eigenvalue weighted by Gasteiger charge is -2.44. The number of nitrogens with two attached hydrogens (primary N) is 1. The van der Waals surface area contributed by atoms with E-state index in [-0.39, 0.29) is 17.2 Å². The molecule has 24 heavy (non-hydrogen) atoms. The highest BCUT2D eigenvalue weighted by molar-refractivity contribution is 5.94. The number of furan rings is 1. The number of aliphatic carboxylic acids is 1. The van der Waals surface area contributed by atoms with Gasteiger partial charge in [-0.2, -0.15) is 10.5 Å². The molecule has 0 spiro atoms. The van der Waals surface area contributed by atoms with Crippen LogP contribution in [-0.2, 0) is 4.79 Å². The van der Waals surface area contributed by atoms with Crippen LogP contribution in [-0.4, -0.2) is 36.1 Å². The van der Waals surface area contributed by atoms with Crippen LogP contribution in [0.4, 0.5) is 0 Å². The Bertz CT molecular complexity index is 809. The third-order valence-electron chi connectivity index (χ3n) is 4.80. The van der Waals surface area contributed by atoms with Crippen molar-refractivity contribution in [2.45, 2.75) is 5.92 Å². The van der Waals surface area contributed by atoms with Crippen LogP contribution in [0.5, 0.6) is 0 Å². The highest BCUT2D eigenvalue weighted by Crippen LogP contribution is 2.54. The number of nitrogens with zero attached hydrogens (tertiary/aromatic N) is 3. The van der Waals surface area contributed by atoms with Crippen molar-refractivity contribution in [3.8, 4) is 12.1 Å². The van der Waals surface area contributed by atoms with Gasteiger partial charge in [0.05, 0.1) is 35.6 Å². The van der Waals surface area contributed by atoms with E-state index in [1.807, 2.05) is 24.1 Å². The molecule has 0 saturated heterocycles. The maximum absolute atomic E-state index is 11.8. The Morgan fingerprint density at radius 2 is 2.21 bits per heavy atom. The second kappa shape index (κ2) is 5.55. The smallest absolute Gasteiger partial charge is 0.337 e. The van der Waals surface area contributed by atoms with E-state index in [9.17, 15) is 20.4 Å². The van der Waals surface area contributed by atoms with Gasteiger partial charge in [0, 0.05) is 19.0 Å². The van der Waals surface area contributed by atoms with Gasteiger partial charge in [-0.1, -0.05) is 6.08 Å². The molecule has 0 amide bonds. The molecule has 7 heteroatoms. The second-order valence-electron chi connectivity index (χ2n) is 6.11. The molecule has 1 aromatic heterocycles. The first-order chi connectivity index (χ1) is 11.5. The van der Waals surface area contributed by atoms with Gasteiger partial charge in [0.1, 0.15) is 5.76 Å². The number of carbonyl (C=O) groups is 1. The summed E-state index contributed by atoms with van der Waals surface area (Å²) in [5, 5.41) is 29.2. The fourth-order valence-electron chi connectivity index (χ4n) is 3.71. The molecule has 2 atom stereocenters. The van der Waals surface area contributed by atoms with Gasteiger partial charge in [-0.25, -0.2) is 4.79 Å². The molecule has 3 N–H and O–H groups in total. The van der Waals surface area contributed by atoms with Crippen molar-refractivity contribution in [2.24, 2.45) is 17.1 Å². The quantitative estimate of drug-likeness (QED) is 0.836. The lowest BCUT2D eigenvalue weighted by atomic mass is 9.59. The topological polar surface area (TPSA) is 127 Å². The lowest BCUT2D eigenvalue weighted by molar-refractivity contribution is -0.132. The van der Waals surface area contributed by atoms with E-state index < -0.39 is 17.3 Å². The Morgan fingerprint density at radius 3 is 2.75 bits per heavy atom. The Kier molecular flexibility index (Phi) is 3.67. The van der Waals surface area contributed by atoms with Gasteiger partial charge in [0.15, 0.2) is 5.41 Å². The van der Waals surface area contributed by atoms with Crippen LogP contribution in [0, 0.1) is 34.0 Å². The number of hydrogen-bond acceptors (Lipinski definition) is 6. The number of carboxylic acids is 1. The van der Waals surface area contributed by atoms with E-state index in [2.05, 4.69) is 0 Å². The predicted molar refractivity (Wildman–Crippen MR) is 83.0 cm³/mol. The molecule has 1 aromatic rings. The monoisotopic (exact) mass is 324 g/mol. The average molecular weight is 324 g/mol. The van der Waals surface area contributed by atoms with Gasteiger partial charge in [-0.3, -0.25) is 0 Å². The highest BCUT2D eigenvalue weighted by atomic mass is 16.4. The zero-order valence-electron chi connectivity index (χ0n) is 13.1. The van der Waals surface area contributed by atoms with Gasteiger partial charge in [-0.05, 0) is 24.8 Å². The van der Waals surface area contributed by atoms with Crippen LogP contribution in [0.3, 0.4) is 0 Å². The SMILES string of the molecule is CN1CC=C2C(C(=O)O)=C(N)C(C#N)(C#N)C(c3ccco3)C2C1. The largest absolute Gasteiger partial charge is 0.478 e. The molecule has 0 aromatic carbocycles. The molecule has 0 fully saturated rings. The van der Waals surface area contributed by atoms with Crippen LogP contribution in [0.1, 0.15) is 11.7 Å². The summed E-state index contributed by atoms with van der Waals surface area (Å²) < 4.78 is 5.49.